The lowest BCUT2D eigenvalue weighted by Gasteiger charge is -2.36. The number of benzene rings is 2. The molecule has 2 N–H and O–H groups in total. The minimum absolute atomic E-state index is 0.139. The number of hydrogen-bond donors (Lipinski definition) is 2. The number of carbonyl (C=O) groups excluding carboxylic acids is 1. The first-order valence-electron chi connectivity index (χ1n) is 11.3. The van der Waals surface area contributed by atoms with Crippen LogP contribution in [0.1, 0.15) is 29.8 Å². The molecule has 2 aromatic carbocycles. The average molecular weight is 476 g/mol. The second-order valence-corrected chi connectivity index (χ2v) is 9.18. The Morgan fingerprint density at radius 3 is 2.65 bits per heavy atom. The van der Waals surface area contributed by atoms with Gasteiger partial charge in [-0.2, -0.15) is 0 Å². The van der Waals surface area contributed by atoms with Gasteiger partial charge in [0, 0.05) is 30.5 Å². The number of nitrogens with zero attached hydrogens (tertiary/aromatic N) is 3. The first-order valence-corrected chi connectivity index (χ1v) is 11.7. The number of rotatable bonds is 4. The van der Waals surface area contributed by atoms with Gasteiger partial charge in [-0.15, -0.1) is 0 Å². The van der Waals surface area contributed by atoms with E-state index in [1.165, 1.54) is 0 Å². The van der Waals surface area contributed by atoms with Crippen molar-refractivity contribution in [1.82, 2.24) is 15.0 Å². The Balaban J connectivity index is 1.36. The van der Waals surface area contributed by atoms with Gasteiger partial charge in [-0.3, -0.25) is 4.79 Å². The second-order valence-electron chi connectivity index (χ2n) is 8.77. The molecule has 1 fully saturated rings. The van der Waals surface area contributed by atoms with E-state index in [1.54, 1.807) is 18.3 Å². The van der Waals surface area contributed by atoms with Gasteiger partial charge in [-0.1, -0.05) is 23.7 Å². The predicted octanol–water partition coefficient (Wildman–Crippen LogP) is 5.45. The lowest BCUT2D eigenvalue weighted by molar-refractivity contribution is -0.00546. The number of pyridine rings is 1. The topological polar surface area (TPSA) is 83.1 Å². The van der Waals surface area contributed by atoms with Gasteiger partial charge in [0.15, 0.2) is 0 Å². The number of ether oxygens (including phenoxy) is 1. The van der Waals surface area contributed by atoms with E-state index in [2.05, 4.69) is 39.0 Å². The minimum Gasteiger partial charge on any atom is -0.372 e. The lowest BCUT2D eigenvalue weighted by atomic mass is 10.1. The first-order chi connectivity index (χ1) is 16.4. The summed E-state index contributed by atoms with van der Waals surface area (Å²) in [5.41, 5.74) is 4.52. The van der Waals surface area contributed by atoms with Crippen LogP contribution in [0.4, 0.5) is 11.5 Å². The number of para-hydroxylation sites is 2. The van der Waals surface area contributed by atoms with E-state index in [1.807, 2.05) is 43.3 Å². The van der Waals surface area contributed by atoms with E-state index in [4.69, 9.17) is 16.3 Å². The normalized spacial score (nSPS) is 18.3. The molecule has 7 nitrogen and oxygen atoms in total. The van der Waals surface area contributed by atoms with Crippen LogP contribution in [0.3, 0.4) is 0 Å². The van der Waals surface area contributed by atoms with Gasteiger partial charge in [-0.25, -0.2) is 9.97 Å². The summed E-state index contributed by atoms with van der Waals surface area (Å²) in [6.07, 6.45) is 1.92. The van der Waals surface area contributed by atoms with Crippen molar-refractivity contribution in [3.8, 4) is 11.4 Å². The Morgan fingerprint density at radius 2 is 1.91 bits per heavy atom. The summed E-state index contributed by atoms with van der Waals surface area (Å²) in [6.45, 7) is 7.59. The monoisotopic (exact) mass is 475 g/mol. The molecule has 2 atom stereocenters. The van der Waals surface area contributed by atoms with Crippen LogP contribution in [0.25, 0.3) is 22.4 Å². The Morgan fingerprint density at radius 1 is 1.15 bits per heavy atom. The van der Waals surface area contributed by atoms with Crippen LogP contribution >= 0.6 is 11.6 Å². The zero-order valence-electron chi connectivity index (χ0n) is 19.3. The molecule has 1 saturated heterocycles. The first kappa shape index (κ1) is 22.4. The number of carbonyl (C=O) groups is 1. The number of H-pyrrole nitrogens is 1. The Bertz CT molecular complexity index is 1330. The number of halogens is 1. The molecule has 0 bridgehead atoms. The molecule has 0 unspecified atom stereocenters. The van der Waals surface area contributed by atoms with Crippen LogP contribution in [-0.2, 0) is 4.74 Å². The van der Waals surface area contributed by atoms with Crippen molar-refractivity contribution in [2.45, 2.75) is 33.0 Å². The number of aryl methyl sites for hydroxylation is 1. The fourth-order valence-corrected chi connectivity index (χ4v) is 4.59. The summed E-state index contributed by atoms with van der Waals surface area (Å²) >= 11 is 6.45. The number of aromatic amines is 1. The SMILES string of the molecule is Cc1cc(N2C[C@@H](C)O[C@@H](C)C2)ncc1C(=O)Nc1ccc(Cl)c(-c2nc3ccccc3[nH]2)c1. The fourth-order valence-electron chi connectivity index (χ4n) is 4.38. The molecule has 8 heteroatoms. The molecule has 1 aliphatic heterocycles. The van der Waals surface area contributed by atoms with Crippen LogP contribution < -0.4 is 10.2 Å². The molecular formula is C26H26ClN5O2. The van der Waals surface area contributed by atoms with Gasteiger partial charge in [0.25, 0.3) is 5.91 Å². The van der Waals surface area contributed by atoms with E-state index in [9.17, 15) is 4.79 Å². The highest BCUT2D eigenvalue weighted by molar-refractivity contribution is 6.33. The maximum Gasteiger partial charge on any atom is 0.257 e. The summed E-state index contributed by atoms with van der Waals surface area (Å²) in [5, 5.41) is 3.52. The lowest BCUT2D eigenvalue weighted by Crippen LogP contribution is -2.45. The van der Waals surface area contributed by atoms with Crippen LogP contribution in [0.2, 0.25) is 5.02 Å². The van der Waals surface area contributed by atoms with Crippen LogP contribution in [0.5, 0.6) is 0 Å². The van der Waals surface area contributed by atoms with Crippen LogP contribution in [0.15, 0.2) is 54.7 Å². The molecule has 0 radical (unpaired) electrons. The number of morpholine rings is 1. The molecule has 5 rings (SSSR count). The van der Waals surface area contributed by atoms with Crippen molar-refractivity contribution >= 4 is 40.0 Å². The molecule has 0 saturated carbocycles. The van der Waals surface area contributed by atoms with E-state index in [0.717, 1.165) is 41.1 Å². The van der Waals surface area contributed by atoms with E-state index in [-0.39, 0.29) is 18.1 Å². The number of fused-ring (bicyclic) bond motifs is 1. The standard InChI is InChI=1S/C26H26ClN5O2/c1-15-10-24(32-13-16(2)34-17(3)14-32)28-12-20(15)26(33)29-18-8-9-21(27)19(11-18)25-30-22-6-4-5-7-23(22)31-25/h4-12,16-17H,13-14H2,1-3H3,(H,29,33)(H,30,31)/t16-,17+. The number of hydrogen-bond acceptors (Lipinski definition) is 5. The Labute approximate surface area is 203 Å². The van der Waals surface area contributed by atoms with Crippen molar-refractivity contribution in [2.24, 2.45) is 0 Å². The highest BCUT2D eigenvalue weighted by Gasteiger charge is 2.24. The molecule has 1 aliphatic rings. The van der Waals surface area contributed by atoms with E-state index in [0.29, 0.717) is 22.1 Å². The third-order valence-corrected chi connectivity index (χ3v) is 6.28. The van der Waals surface area contributed by atoms with Gasteiger partial charge < -0.3 is 19.9 Å². The predicted molar refractivity (Wildman–Crippen MR) is 136 cm³/mol. The number of imidazole rings is 1. The minimum atomic E-state index is -0.224. The van der Waals surface area contributed by atoms with Crippen LogP contribution in [0, 0.1) is 6.92 Å². The Kier molecular flexibility index (Phi) is 5.98. The number of anilines is 2. The smallest absolute Gasteiger partial charge is 0.257 e. The number of amides is 1. The summed E-state index contributed by atoms with van der Waals surface area (Å²) in [6, 6.07) is 15.1. The molecule has 0 aliphatic carbocycles. The van der Waals surface area contributed by atoms with Crippen molar-refractivity contribution in [3.05, 3.63) is 70.9 Å². The summed E-state index contributed by atoms with van der Waals surface area (Å²) < 4.78 is 5.81. The van der Waals surface area contributed by atoms with Gasteiger partial charge in [-0.05, 0) is 62.7 Å². The van der Waals surface area contributed by atoms with Crippen molar-refractivity contribution in [1.29, 1.82) is 0 Å². The third kappa shape index (κ3) is 4.49. The molecule has 3 heterocycles. The molecule has 174 valence electrons. The van der Waals surface area contributed by atoms with Gasteiger partial charge in [0.2, 0.25) is 0 Å². The van der Waals surface area contributed by atoms with Crippen molar-refractivity contribution < 1.29 is 9.53 Å². The maximum atomic E-state index is 13.1. The van der Waals surface area contributed by atoms with Gasteiger partial charge >= 0.3 is 0 Å². The van der Waals surface area contributed by atoms with E-state index < -0.39 is 0 Å². The Hall–Kier alpha value is -3.42. The van der Waals surface area contributed by atoms with Gasteiger partial charge in [0.05, 0.1) is 33.8 Å². The summed E-state index contributed by atoms with van der Waals surface area (Å²) in [7, 11) is 0. The van der Waals surface area contributed by atoms with Gasteiger partial charge in [0.1, 0.15) is 11.6 Å². The molecule has 34 heavy (non-hydrogen) atoms. The second kappa shape index (κ2) is 9.08. The fraction of sp³-hybridized carbons (Fsp3) is 0.269. The maximum absolute atomic E-state index is 13.1. The number of aromatic nitrogens is 3. The zero-order chi connectivity index (χ0) is 23.8. The summed E-state index contributed by atoms with van der Waals surface area (Å²) in [4.78, 5) is 27.7. The summed E-state index contributed by atoms with van der Waals surface area (Å²) in [5.74, 6) is 1.28. The molecule has 0 spiro atoms. The largest absolute Gasteiger partial charge is 0.372 e. The molecular weight excluding hydrogens is 450 g/mol. The quantitative estimate of drug-likeness (QED) is 0.410. The zero-order valence-corrected chi connectivity index (χ0v) is 20.1. The highest BCUT2D eigenvalue weighted by atomic mass is 35.5. The highest BCUT2D eigenvalue weighted by Crippen LogP contribution is 2.30. The molecule has 4 aromatic rings. The average Bonchev–Trinajstić information content (AvgIpc) is 3.23. The molecule has 2 aromatic heterocycles. The van der Waals surface area contributed by atoms with E-state index >= 15 is 0 Å². The van der Waals surface area contributed by atoms with Crippen LogP contribution in [-0.4, -0.2) is 46.2 Å². The van der Waals surface area contributed by atoms with Crippen molar-refractivity contribution in [3.63, 3.8) is 0 Å². The molecule has 1 amide bonds. The number of nitrogens with one attached hydrogen (secondary N) is 2. The third-order valence-electron chi connectivity index (χ3n) is 5.95. The van der Waals surface area contributed by atoms with Crippen molar-refractivity contribution in [2.75, 3.05) is 23.3 Å².